The van der Waals surface area contributed by atoms with Gasteiger partial charge in [-0.3, -0.25) is 14.5 Å². The molecule has 10 heteroatoms. The summed E-state index contributed by atoms with van der Waals surface area (Å²) in [5.74, 6) is 0.532. The van der Waals surface area contributed by atoms with Crippen LogP contribution in [0.25, 0.3) is 22.2 Å². The zero-order valence-corrected chi connectivity index (χ0v) is 27.1. The number of ether oxygens (including phenoxy) is 1. The molecule has 2 aliphatic carbocycles. The summed E-state index contributed by atoms with van der Waals surface area (Å²) in [5, 5.41) is 1.11. The van der Waals surface area contributed by atoms with Gasteiger partial charge in [0.25, 0.3) is 0 Å². The number of carbonyl (C=O) groups excluding carboxylic acids is 2. The number of hydrogen-bond acceptors (Lipinski definition) is 6. The lowest BCUT2D eigenvalue weighted by atomic mass is 9.81. The Kier molecular flexibility index (Phi) is 6.93. The van der Waals surface area contributed by atoms with Gasteiger partial charge in [-0.15, -0.1) is 0 Å². The fraction of sp³-hybridized carbons (Fsp3) is 0.543. The van der Waals surface area contributed by atoms with Gasteiger partial charge in [-0.2, -0.15) is 0 Å². The Morgan fingerprint density at radius 2 is 1.67 bits per heavy atom. The predicted molar refractivity (Wildman–Crippen MR) is 173 cm³/mol. The van der Waals surface area contributed by atoms with E-state index >= 15 is 0 Å². The van der Waals surface area contributed by atoms with Gasteiger partial charge in [0.2, 0.25) is 15.9 Å². The topological polar surface area (TPSA) is 92.2 Å². The molecular weight excluding hydrogens is 588 g/mol. The predicted octanol–water partition coefficient (Wildman–Crippen LogP) is 4.45. The lowest BCUT2D eigenvalue weighted by Crippen LogP contribution is -2.52. The minimum Gasteiger partial charge on any atom is -0.497 e. The zero-order chi connectivity index (χ0) is 31.1. The molecule has 2 saturated carbocycles. The summed E-state index contributed by atoms with van der Waals surface area (Å²) in [6.07, 6.45) is 6.62. The van der Waals surface area contributed by atoms with Crippen LogP contribution in [0.5, 0.6) is 5.75 Å². The first-order valence-electron chi connectivity index (χ1n) is 16.5. The van der Waals surface area contributed by atoms with Gasteiger partial charge in [0.1, 0.15) is 11.5 Å². The summed E-state index contributed by atoms with van der Waals surface area (Å²) in [4.78, 5) is 32.5. The number of sulfonamides is 1. The monoisotopic (exact) mass is 630 g/mol. The molecule has 2 aromatic carbocycles. The number of likely N-dealkylation sites (N-methyl/N-ethyl adjacent to an activating group) is 1. The average molecular weight is 631 g/mol. The van der Waals surface area contributed by atoms with Crippen molar-refractivity contribution in [2.75, 3.05) is 59.2 Å². The standard InChI is InChI=1S/C35H42N4O5S/c1-36-12-13-37-14-16-38(17-15-37)34(41)35-20-29(35)28-19-25(44-2)9-11-26(28)33-32(23-6-4-3-5-7-23)27-10-8-24(18-30(27)39(33)22-35)31(40)21-45(36,42)43/h8-11,18-19,23,29H,3-7,12-17,20-22H2,1-2H3. The summed E-state index contributed by atoms with van der Waals surface area (Å²) < 4.78 is 36.0. The number of amides is 1. The maximum absolute atomic E-state index is 14.7. The summed E-state index contributed by atoms with van der Waals surface area (Å²) in [6, 6.07) is 12.1. The van der Waals surface area contributed by atoms with Gasteiger partial charge in [0.05, 0.1) is 18.2 Å². The number of Topliss-reactive ketones (excluding diaryl/α,β-unsaturated/α-hetero) is 1. The highest BCUT2D eigenvalue weighted by Gasteiger charge is 2.64. The average Bonchev–Trinajstić information content (AvgIpc) is 3.72. The van der Waals surface area contributed by atoms with E-state index < -0.39 is 27.0 Å². The summed E-state index contributed by atoms with van der Waals surface area (Å²) in [6.45, 7) is 4.09. The van der Waals surface area contributed by atoms with Crippen LogP contribution < -0.4 is 4.74 Å². The first-order chi connectivity index (χ1) is 21.7. The molecule has 3 fully saturated rings. The van der Waals surface area contributed by atoms with E-state index in [1.54, 1.807) is 14.2 Å². The van der Waals surface area contributed by atoms with Crippen molar-refractivity contribution in [2.45, 2.75) is 56.9 Å². The lowest BCUT2D eigenvalue weighted by molar-refractivity contribution is -0.139. The molecule has 6 aliphatic rings. The number of nitrogens with zero attached hydrogens (tertiary/aromatic N) is 4. The number of ketones is 1. The van der Waals surface area contributed by atoms with Crippen molar-refractivity contribution in [1.29, 1.82) is 0 Å². The second-order valence-corrected chi connectivity index (χ2v) is 16.0. The fourth-order valence-corrected chi connectivity index (χ4v) is 9.80. The van der Waals surface area contributed by atoms with E-state index in [4.69, 9.17) is 4.74 Å². The van der Waals surface area contributed by atoms with Crippen molar-refractivity contribution >= 4 is 32.6 Å². The van der Waals surface area contributed by atoms with Crippen LogP contribution in [0.4, 0.5) is 0 Å². The Morgan fingerprint density at radius 3 is 2.42 bits per heavy atom. The molecule has 5 heterocycles. The zero-order valence-electron chi connectivity index (χ0n) is 26.3. The summed E-state index contributed by atoms with van der Waals surface area (Å²) in [5.41, 5.74) is 5.57. The second kappa shape index (κ2) is 10.7. The third kappa shape index (κ3) is 4.66. The molecule has 1 spiro atoms. The molecule has 2 atom stereocenters. The number of fused-ring (bicyclic) bond motifs is 10. The molecule has 0 radical (unpaired) electrons. The summed E-state index contributed by atoms with van der Waals surface area (Å²) >= 11 is 0. The molecule has 45 heavy (non-hydrogen) atoms. The van der Waals surface area contributed by atoms with Crippen molar-refractivity contribution < 1.29 is 22.7 Å². The maximum atomic E-state index is 14.7. The minimum atomic E-state index is -3.78. The largest absolute Gasteiger partial charge is 0.497 e. The Morgan fingerprint density at radius 1 is 0.911 bits per heavy atom. The Balaban J connectivity index is 1.37. The van der Waals surface area contributed by atoms with Crippen molar-refractivity contribution in [3.05, 3.63) is 53.1 Å². The maximum Gasteiger partial charge on any atom is 0.231 e. The molecule has 6 bridgehead atoms. The molecule has 9 rings (SSSR count). The number of methoxy groups -OCH3 is 1. The van der Waals surface area contributed by atoms with E-state index in [0.29, 0.717) is 57.3 Å². The van der Waals surface area contributed by atoms with Gasteiger partial charge in [-0.05, 0) is 60.6 Å². The van der Waals surface area contributed by atoms with E-state index in [9.17, 15) is 18.0 Å². The van der Waals surface area contributed by atoms with Crippen LogP contribution in [0.3, 0.4) is 0 Å². The quantitative estimate of drug-likeness (QED) is 0.416. The van der Waals surface area contributed by atoms with Crippen LogP contribution in [0.2, 0.25) is 0 Å². The first-order valence-corrected chi connectivity index (χ1v) is 18.1. The van der Waals surface area contributed by atoms with Crippen LogP contribution in [0.1, 0.15) is 71.8 Å². The molecule has 9 nitrogen and oxygen atoms in total. The van der Waals surface area contributed by atoms with Crippen LogP contribution in [-0.4, -0.2) is 98.0 Å². The summed E-state index contributed by atoms with van der Waals surface area (Å²) in [7, 11) is -0.532. The molecule has 4 aliphatic heterocycles. The molecule has 2 unspecified atom stereocenters. The molecule has 238 valence electrons. The number of rotatable bonds is 2. The molecule has 3 aromatic rings. The van der Waals surface area contributed by atoms with Gasteiger partial charge in [-0.25, -0.2) is 12.7 Å². The van der Waals surface area contributed by atoms with Crippen molar-refractivity contribution in [3.8, 4) is 17.0 Å². The Bertz CT molecular complexity index is 1820. The van der Waals surface area contributed by atoms with Gasteiger partial charge < -0.3 is 14.2 Å². The van der Waals surface area contributed by atoms with Crippen LogP contribution >= 0.6 is 0 Å². The van der Waals surface area contributed by atoms with E-state index in [1.807, 2.05) is 29.2 Å². The normalized spacial score (nSPS) is 27.4. The SMILES string of the molecule is COc1ccc2c(c1)C1CC13Cn1c-2c(C2CCCCC2)c2ccc(cc21)C(=O)CS(=O)(=O)N(C)CCN1CCN(CC1)C3=O. The smallest absolute Gasteiger partial charge is 0.231 e. The second-order valence-electron chi connectivity index (χ2n) is 13.9. The van der Waals surface area contributed by atoms with Crippen molar-refractivity contribution in [1.82, 2.24) is 18.7 Å². The van der Waals surface area contributed by atoms with Gasteiger partial charge in [-0.1, -0.05) is 31.4 Å². The number of hydrogen-bond donors (Lipinski definition) is 0. The molecule has 0 N–H and O–H groups in total. The van der Waals surface area contributed by atoms with E-state index in [1.165, 1.54) is 34.7 Å². The number of piperazine rings is 1. The van der Waals surface area contributed by atoms with Crippen LogP contribution in [0.15, 0.2) is 36.4 Å². The molecule has 1 saturated heterocycles. The van der Waals surface area contributed by atoms with Crippen LogP contribution in [0, 0.1) is 5.41 Å². The highest BCUT2D eigenvalue weighted by molar-refractivity contribution is 7.89. The highest BCUT2D eigenvalue weighted by atomic mass is 32.2. The van der Waals surface area contributed by atoms with Gasteiger partial charge >= 0.3 is 0 Å². The molecular formula is C35H42N4O5S. The Hall–Kier alpha value is -3.21. The van der Waals surface area contributed by atoms with E-state index in [2.05, 4.69) is 21.6 Å². The van der Waals surface area contributed by atoms with Crippen molar-refractivity contribution in [3.63, 3.8) is 0 Å². The third-order valence-corrected chi connectivity index (χ3v) is 13.2. The highest BCUT2D eigenvalue weighted by Crippen LogP contribution is 2.66. The van der Waals surface area contributed by atoms with E-state index in [0.717, 1.165) is 47.2 Å². The van der Waals surface area contributed by atoms with Crippen LogP contribution in [-0.2, 0) is 21.4 Å². The number of carbonyl (C=O) groups is 2. The first kappa shape index (κ1) is 29.2. The fourth-order valence-electron chi connectivity index (χ4n) is 8.72. The van der Waals surface area contributed by atoms with E-state index in [-0.39, 0.29) is 11.8 Å². The number of benzene rings is 2. The third-order valence-electron chi connectivity index (χ3n) is 11.4. The molecule has 1 aromatic heterocycles. The lowest BCUT2D eigenvalue weighted by Gasteiger charge is -2.37. The minimum absolute atomic E-state index is 0.0907. The Labute approximate surface area is 265 Å². The van der Waals surface area contributed by atoms with Crippen molar-refractivity contribution in [2.24, 2.45) is 5.41 Å². The van der Waals surface area contributed by atoms with Gasteiger partial charge in [0, 0.05) is 80.8 Å². The number of aromatic nitrogens is 1. The van der Waals surface area contributed by atoms with Gasteiger partial charge in [0.15, 0.2) is 5.78 Å². The molecule has 1 amide bonds.